The summed E-state index contributed by atoms with van der Waals surface area (Å²) in [5, 5.41) is 9.23. The molecule has 0 bridgehead atoms. The number of guanidine groups is 1. The molecule has 0 radical (unpaired) electrons. The Hall–Kier alpha value is -2.11. The number of carbonyl (C=O) groups is 2. The summed E-state index contributed by atoms with van der Waals surface area (Å²) in [6.45, 7) is 7.43. The van der Waals surface area contributed by atoms with Gasteiger partial charge in [-0.2, -0.15) is 0 Å². The first-order valence-corrected chi connectivity index (χ1v) is 9.87. The average molecular weight is 515 g/mol. The number of hydrogen-bond donors (Lipinski definition) is 3. The van der Waals surface area contributed by atoms with E-state index in [1.807, 2.05) is 20.0 Å². The van der Waals surface area contributed by atoms with E-state index < -0.39 is 0 Å². The van der Waals surface area contributed by atoms with Crippen LogP contribution in [0.5, 0.6) is 0 Å². The van der Waals surface area contributed by atoms with Crippen LogP contribution in [-0.4, -0.2) is 73.1 Å². The molecule has 1 aromatic rings. The Labute approximate surface area is 188 Å². The lowest BCUT2D eigenvalue weighted by atomic mass is 10.1. The molecular formula is C19H30IN7O2. The molecule has 0 unspecified atom stereocenters. The zero-order chi connectivity index (χ0) is 19.9. The van der Waals surface area contributed by atoms with Crippen LogP contribution in [0.1, 0.15) is 25.3 Å². The van der Waals surface area contributed by atoms with Gasteiger partial charge >= 0.3 is 6.03 Å². The number of nitrogens with one attached hydrogen (secondary N) is 3. The van der Waals surface area contributed by atoms with E-state index in [4.69, 9.17) is 0 Å². The summed E-state index contributed by atoms with van der Waals surface area (Å²) >= 11 is 0. The highest BCUT2D eigenvalue weighted by molar-refractivity contribution is 14.0. The third kappa shape index (κ3) is 6.44. The van der Waals surface area contributed by atoms with Gasteiger partial charge in [-0.05, 0) is 38.3 Å². The van der Waals surface area contributed by atoms with Crippen molar-refractivity contribution in [1.82, 2.24) is 25.8 Å². The number of nitrogens with zero attached hydrogens (tertiary/aromatic N) is 4. The highest BCUT2D eigenvalue weighted by Crippen LogP contribution is 2.18. The molecule has 9 nitrogen and oxygen atoms in total. The number of halogens is 1. The first kappa shape index (κ1) is 23.2. The summed E-state index contributed by atoms with van der Waals surface area (Å²) in [4.78, 5) is 35.7. The topological polar surface area (TPSA) is 102 Å². The summed E-state index contributed by atoms with van der Waals surface area (Å²) in [7, 11) is 0. The number of urea groups is 1. The van der Waals surface area contributed by atoms with Crippen molar-refractivity contribution >= 4 is 47.7 Å². The second-order valence-corrected chi connectivity index (χ2v) is 7.06. The van der Waals surface area contributed by atoms with Gasteiger partial charge in [-0.3, -0.25) is 14.7 Å². The van der Waals surface area contributed by atoms with Crippen molar-refractivity contribution < 1.29 is 9.59 Å². The fraction of sp³-hybridized carbons (Fsp3) is 0.579. The van der Waals surface area contributed by atoms with Gasteiger partial charge in [-0.15, -0.1) is 24.0 Å². The Morgan fingerprint density at radius 1 is 1.31 bits per heavy atom. The van der Waals surface area contributed by atoms with Crippen LogP contribution in [0.2, 0.25) is 0 Å². The van der Waals surface area contributed by atoms with Crippen molar-refractivity contribution in [3.8, 4) is 0 Å². The molecule has 0 atom stereocenters. The van der Waals surface area contributed by atoms with E-state index >= 15 is 0 Å². The average Bonchev–Trinajstić information content (AvgIpc) is 3.01. The van der Waals surface area contributed by atoms with Crippen molar-refractivity contribution in [2.24, 2.45) is 4.99 Å². The third-order valence-electron chi connectivity index (χ3n) is 4.93. The fourth-order valence-electron chi connectivity index (χ4n) is 3.36. The first-order chi connectivity index (χ1) is 13.6. The Morgan fingerprint density at radius 3 is 2.66 bits per heavy atom. The van der Waals surface area contributed by atoms with Crippen LogP contribution in [0.15, 0.2) is 23.3 Å². The number of carbonyl (C=O) groups excluding carboxylic acids is 2. The number of aliphatic imine (C=N–C) groups is 1. The van der Waals surface area contributed by atoms with Gasteiger partial charge in [0.05, 0.1) is 19.6 Å². The minimum absolute atomic E-state index is 0. The van der Waals surface area contributed by atoms with E-state index in [1.54, 1.807) is 0 Å². The Kier molecular flexibility index (Phi) is 8.93. The van der Waals surface area contributed by atoms with Gasteiger partial charge in [-0.25, -0.2) is 9.78 Å². The van der Waals surface area contributed by atoms with Crippen LogP contribution < -0.4 is 20.9 Å². The van der Waals surface area contributed by atoms with Gasteiger partial charge in [0.2, 0.25) is 5.91 Å². The van der Waals surface area contributed by atoms with Crippen LogP contribution in [0, 0.1) is 6.92 Å². The Balaban J connectivity index is 0.00000300. The van der Waals surface area contributed by atoms with Crippen LogP contribution in [0.25, 0.3) is 0 Å². The summed E-state index contributed by atoms with van der Waals surface area (Å²) < 4.78 is 0. The highest BCUT2D eigenvalue weighted by Gasteiger charge is 2.27. The zero-order valence-electron chi connectivity index (χ0n) is 17.0. The van der Waals surface area contributed by atoms with Gasteiger partial charge in [0.15, 0.2) is 5.96 Å². The van der Waals surface area contributed by atoms with E-state index in [-0.39, 0.29) is 42.5 Å². The SMILES string of the molecule is CCNC(=NCCN1C(=O)CNC1=O)NC1CCN(c2ccc(C)cn2)CC1.I. The molecule has 2 aliphatic heterocycles. The van der Waals surface area contributed by atoms with E-state index in [0.717, 1.165) is 44.3 Å². The molecule has 0 spiro atoms. The monoisotopic (exact) mass is 515 g/mol. The van der Waals surface area contributed by atoms with Gasteiger partial charge in [0, 0.05) is 31.9 Å². The van der Waals surface area contributed by atoms with Crippen molar-refractivity contribution in [3.63, 3.8) is 0 Å². The molecule has 10 heteroatoms. The zero-order valence-corrected chi connectivity index (χ0v) is 19.3. The molecule has 3 rings (SSSR count). The number of aromatic nitrogens is 1. The highest BCUT2D eigenvalue weighted by atomic mass is 127. The van der Waals surface area contributed by atoms with Crippen LogP contribution in [0.4, 0.5) is 10.6 Å². The van der Waals surface area contributed by atoms with Crippen molar-refractivity contribution in [2.75, 3.05) is 44.2 Å². The maximum Gasteiger partial charge on any atom is 0.324 e. The van der Waals surface area contributed by atoms with Crippen molar-refractivity contribution in [2.45, 2.75) is 32.7 Å². The van der Waals surface area contributed by atoms with Crippen LogP contribution in [0.3, 0.4) is 0 Å². The number of rotatable bonds is 6. The molecular weight excluding hydrogens is 485 g/mol. The number of aryl methyl sites for hydroxylation is 1. The van der Waals surface area contributed by atoms with E-state index in [9.17, 15) is 9.59 Å². The molecule has 3 N–H and O–H groups in total. The van der Waals surface area contributed by atoms with Gasteiger partial charge < -0.3 is 20.9 Å². The maximum atomic E-state index is 11.6. The Bertz CT molecular complexity index is 702. The van der Waals surface area contributed by atoms with Crippen LogP contribution >= 0.6 is 24.0 Å². The lowest BCUT2D eigenvalue weighted by molar-refractivity contribution is -0.124. The van der Waals surface area contributed by atoms with Gasteiger partial charge in [0.25, 0.3) is 0 Å². The smallest absolute Gasteiger partial charge is 0.324 e. The molecule has 3 amide bonds. The van der Waals surface area contributed by atoms with Crippen molar-refractivity contribution in [1.29, 1.82) is 0 Å². The van der Waals surface area contributed by atoms with Gasteiger partial charge in [0.1, 0.15) is 5.82 Å². The molecule has 2 aliphatic rings. The summed E-state index contributed by atoms with van der Waals surface area (Å²) in [6, 6.07) is 4.16. The third-order valence-corrected chi connectivity index (χ3v) is 4.93. The van der Waals surface area contributed by atoms with Crippen molar-refractivity contribution in [3.05, 3.63) is 23.9 Å². The lowest BCUT2D eigenvalue weighted by Gasteiger charge is -2.33. The standard InChI is InChI=1S/C19H29N7O2.HI/c1-3-20-18(21-8-11-26-17(27)13-23-19(26)28)24-15-6-9-25(10-7-15)16-5-4-14(2)12-22-16;/h4-5,12,15H,3,6-11,13H2,1-2H3,(H,23,28)(H2,20,21,24);1H. The largest absolute Gasteiger partial charge is 0.357 e. The number of imide groups is 1. The number of pyridine rings is 1. The second-order valence-electron chi connectivity index (χ2n) is 7.06. The van der Waals surface area contributed by atoms with E-state index in [0.29, 0.717) is 19.1 Å². The predicted octanol–water partition coefficient (Wildman–Crippen LogP) is 1.08. The predicted molar refractivity (Wildman–Crippen MR) is 124 cm³/mol. The number of amides is 3. The van der Waals surface area contributed by atoms with Crippen LogP contribution in [-0.2, 0) is 4.79 Å². The quantitative estimate of drug-likeness (QED) is 0.227. The summed E-state index contributed by atoms with van der Waals surface area (Å²) in [6.07, 6.45) is 3.89. The van der Waals surface area contributed by atoms with Gasteiger partial charge in [-0.1, -0.05) is 6.07 Å². The molecule has 3 heterocycles. The van der Waals surface area contributed by atoms with E-state index in [2.05, 4.69) is 43.0 Å². The second kappa shape index (κ2) is 11.2. The molecule has 2 fully saturated rings. The summed E-state index contributed by atoms with van der Waals surface area (Å²) in [5.74, 6) is 1.55. The number of anilines is 1. The Morgan fingerprint density at radius 2 is 2.07 bits per heavy atom. The molecule has 1 aromatic heterocycles. The summed E-state index contributed by atoms with van der Waals surface area (Å²) in [5.41, 5.74) is 1.17. The molecule has 0 saturated carbocycles. The molecule has 160 valence electrons. The normalized spacial score (nSPS) is 17.8. The minimum atomic E-state index is -0.338. The molecule has 0 aromatic carbocycles. The first-order valence-electron chi connectivity index (χ1n) is 9.87. The molecule has 29 heavy (non-hydrogen) atoms. The minimum Gasteiger partial charge on any atom is -0.357 e. The van der Waals surface area contributed by atoms with E-state index in [1.165, 1.54) is 10.5 Å². The number of hydrogen-bond acceptors (Lipinski definition) is 5. The fourth-order valence-corrected chi connectivity index (χ4v) is 3.36. The molecule has 2 saturated heterocycles. The lowest BCUT2D eigenvalue weighted by Crippen LogP contribution is -2.49. The maximum absolute atomic E-state index is 11.6. The molecule has 0 aliphatic carbocycles. The number of piperidine rings is 1.